The molecule has 0 amide bonds. The molecule has 3 nitrogen and oxygen atoms in total. The monoisotopic (exact) mass is 397 g/mol. The van der Waals surface area contributed by atoms with Crippen molar-refractivity contribution in [1.82, 2.24) is 4.57 Å². The number of hydrogen-bond donors (Lipinski definition) is 0. The minimum atomic E-state index is 0.821. The van der Waals surface area contributed by atoms with E-state index in [1.54, 1.807) is 0 Å². The highest BCUT2D eigenvalue weighted by Gasteiger charge is 2.24. The van der Waals surface area contributed by atoms with E-state index in [0.29, 0.717) is 0 Å². The normalized spacial score (nSPS) is 16.4. The molecule has 2 heterocycles. The summed E-state index contributed by atoms with van der Waals surface area (Å²) in [5.74, 6) is 0.821. The Morgan fingerprint density at radius 2 is 2.03 bits per heavy atom. The van der Waals surface area contributed by atoms with Gasteiger partial charge in [-0.1, -0.05) is 25.6 Å². The maximum absolute atomic E-state index is 5.04. The number of aliphatic imine (C=N–C) groups is 1. The van der Waals surface area contributed by atoms with Crippen molar-refractivity contribution in [3.8, 4) is 0 Å². The molecular formula is C27H31N3. The largest absolute Gasteiger partial charge is 0.373 e. The van der Waals surface area contributed by atoms with Gasteiger partial charge in [0.1, 0.15) is 0 Å². The molecule has 1 aromatic heterocycles. The van der Waals surface area contributed by atoms with Gasteiger partial charge in [0.15, 0.2) is 0 Å². The number of rotatable bonds is 6. The van der Waals surface area contributed by atoms with Crippen molar-refractivity contribution in [3.05, 3.63) is 65.4 Å². The number of benzene rings is 2. The third kappa shape index (κ3) is 3.58. The van der Waals surface area contributed by atoms with Gasteiger partial charge in [0, 0.05) is 31.0 Å². The van der Waals surface area contributed by atoms with Crippen molar-refractivity contribution >= 4 is 34.6 Å². The molecule has 1 saturated carbocycles. The van der Waals surface area contributed by atoms with E-state index < -0.39 is 0 Å². The van der Waals surface area contributed by atoms with Gasteiger partial charge in [0.2, 0.25) is 0 Å². The number of nitrogens with zero attached hydrogens (tertiary/aromatic N) is 3. The zero-order valence-corrected chi connectivity index (χ0v) is 18.2. The summed E-state index contributed by atoms with van der Waals surface area (Å²) in [6, 6.07) is 13.7. The summed E-state index contributed by atoms with van der Waals surface area (Å²) in [6.45, 7) is 8.39. The second-order valence-corrected chi connectivity index (χ2v) is 8.91. The van der Waals surface area contributed by atoms with Crippen LogP contribution in [0.25, 0.3) is 17.0 Å². The molecule has 154 valence electrons. The molecule has 0 N–H and O–H groups in total. The predicted octanol–water partition coefficient (Wildman–Crippen LogP) is 6.39. The molecule has 0 spiro atoms. The summed E-state index contributed by atoms with van der Waals surface area (Å²) in [7, 11) is 2.18. The highest BCUT2D eigenvalue weighted by Crippen LogP contribution is 2.38. The van der Waals surface area contributed by atoms with Crippen molar-refractivity contribution in [2.45, 2.75) is 45.6 Å². The molecular weight excluding hydrogens is 366 g/mol. The molecule has 2 aromatic carbocycles. The van der Waals surface area contributed by atoms with E-state index in [9.17, 15) is 0 Å². The molecule has 1 fully saturated rings. The Morgan fingerprint density at radius 1 is 1.17 bits per heavy atom. The summed E-state index contributed by atoms with van der Waals surface area (Å²) >= 11 is 0. The van der Waals surface area contributed by atoms with Gasteiger partial charge in [-0.25, -0.2) is 0 Å². The van der Waals surface area contributed by atoms with Crippen LogP contribution < -0.4 is 4.90 Å². The Morgan fingerprint density at radius 3 is 2.80 bits per heavy atom. The van der Waals surface area contributed by atoms with Crippen molar-refractivity contribution in [1.29, 1.82) is 0 Å². The third-order valence-electron chi connectivity index (χ3n) is 6.63. The molecule has 0 saturated heterocycles. The first-order valence-electron chi connectivity index (χ1n) is 11.3. The predicted molar refractivity (Wildman–Crippen MR) is 129 cm³/mol. The first-order chi connectivity index (χ1) is 14.7. The molecule has 3 aromatic rings. The molecule has 30 heavy (non-hydrogen) atoms. The topological polar surface area (TPSA) is 20.5 Å². The van der Waals surface area contributed by atoms with Crippen LogP contribution in [0.3, 0.4) is 0 Å². The summed E-state index contributed by atoms with van der Waals surface area (Å²) in [6.07, 6.45) is 10.1. The Hall–Kier alpha value is -2.81. The minimum Gasteiger partial charge on any atom is -0.373 e. The molecule has 3 heteroatoms. The van der Waals surface area contributed by atoms with Crippen LogP contribution in [0.15, 0.2) is 48.0 Å². The minimum absolute atomic E-state index is 0.821. The molecule has 2 aliphatic rings. The molecule has 1 aliphatic carbocycles. The van der Waals surface area contributed by atoms with Gasteiger partial charge < -0.3 is 9.47 Å². The number of fused-ring (bicyclic) bond motifs is 2. The van der Waals surface area contributed by atoms with E-state index in [0.717, 1.165) is 43.1 Å². The first-order valence-corrected chi connectivity index (χ1v) is 11.3. The Bertz CT molecular complexity index is 1130. The van der Waals surface area contributed by atoms with E-state index in [1.165, 1.54) is 52.7 Å². The molecule has 0 bridgehead atoms. The number of hydrogen-bond acceptors (Lipinski definition) is 2. The van der Waals surface area contributed by atoms with Gasteiger partial charge in [-0.05, 0) is 85.0 Å². The van der Waals surface area contributed by atoms with E-state index in [-0.39, 0.29) is 0 Å². The molecule has 0 unspecified atom stereocenters. The van der Waals surface area contributed by atoms with Crippen LogP contribution >= 0.6 is 0 Å². The van der Waals surface area contributed by atoms with Gasteiger partial charge in [-0.15, -0.1) is 0 Å². The fourth-order valence-electron chi connectivity index (χ4n) is 4.73. The lowest BCUT2D eigenvalue weighted by Crippen LogP contribution is -2.24. The van der Waals surface area contributed by atoms with Crippen LogP contribution in [-0.2, 0) is 19.4 Å². The Kier molecular flexibility index (Phi) is 4.98. The van der Waals surface area contributed by atoms with Crippen molar-refractivity contribution in [2.24, 2.45) is 10.9 Å². The zero-order chi connectivity index (χ0) is 20.7. The molecule has 0 radical (unpaired) electrons. The van der Waals surface area contributed by atoms with Crippen molar-refractivity contribution in [2.75, 3.05) is 18.5 Å². The average Bonchev–Trinajstić information content (AvgIpc) is 3.52. The molecule has 0 atom stereocenters. The van der Waals surface area contributed by atoms with Gasteiger partial charge >= 0.3 is 0 Å². The smallest absolute Gasteiger partial charge is 0.0872 e. The van der Waals surface area contributed by atoms with E-state index >= 15 is 0 Å². The summed E-state index contributed by atoms with van der Waals surface area (Å²) < 4.78 is 2.48. The molecule has 5 rings (SSSR count). The average molecular weight is 398 g/mol. The van der Waals surface area contributed by atoms with Crippen LogP contribution in [0.1, 0.15) is 48.6 Å². The maximum atomic E-state index is 5.04. The highest BCUT2D eigenvalue weighted by molar-refractivity contribution is 5.93. The van der Waals surface area contributed by atoms with Crippen molar-refractivity contribution < 1.29 is 0 Å². The lowest BCUT2D eigenvalue weighted by Gasteiger charge is -2.29. The Balaban J connectivity index is 1.59. The fourth-order valence-corrected chi connectivity index (χ4v) is 4.73. The number of aryl methyl sites for hydroxylation is 2. The van der Waals surface area contributed by atoms with E-state index in [4.69, 9.17) is 4.99 Å². The fraction of sp³-hybridized carbons (Fsp3) is 0.370. The lowest BCUT2D eigenvalue weighted by atomic mass is 9.98. The van der Waals surface area contributed by atoms with Gasteiger partial charge in [-0.2, -0.15) is 0 Å². The highest BCUT2D eigenvalue weighted by atomic mass is 15.1. The maximum Gasteiger partial charge on any atom is 0.0872 e. The van der Waals surface area contributed by atoms with Gasteiger partial charge in [0.25, 0.3) is 0 Å². The summed E-state index contributed by atoms with van der Waals surface area (Å²) in [5, 5.41) is 1.33. The standard InChI is InChI=1S/C27H31N3/c1-4-19-10-11-26-23(13-19)16-24(30(26)18-21-8-9-21)17-28-25-15-20(5-2)14-22-7-6-12-29(3)27(22)25/h5,10-11,13-17,21H,2,4,6-9,12,18H2,1,3H3/b28-17+. The van der Waals surface area contributed by atoms with Gasteiger partial charge in [0.05, 0.1) is 23.3 Å². The van der Waals surface area contributed by atoms with Crippen LogP contribution in [0.2, 0.25) is 0 Å². The van der Waals surface area contributed by atoms with E-state index in [2.05, 4.69) is 72.6 Å². The van der Waals surface area contributed by atoms with Crippen LogP contribution in [0, 0.1) is 5.92 Å². The first kappa shape index (κ1) is 19.2. The molecule has 1 aliphatic heterocycles. The summed E-state index contributed by atoms with van der Waals surface area (Å²) in [5.41, 5.74) is 8.81. The third-order valence-corrected chi connectivity index (χ3v) is 6.63. The van der Waals surface area contributed by atoms with Crippen LogP contribution in [-0.4, -0.2) is 24.4 Å². The van der Waals surface area contributed by atoms with Crippen molar-refractivity contribution in [3.63, 3.8) is 0 Å². The van der Waals surface area contributed by atoms with E-state index in [1.807, 2.05) is 6.08 Å². The second kappa shape index (κ2) is 7.79. The van der Waals surface area contributed by atoms with Gasteiger partial charge in [-0.3, -0.25) is 4.99 Å². The lowest BCUT2D eigenvalue weighted by molar-refractivity contribution is 0.644. The number of aromatic nitrogens is 1. The quantitative estimate of drug-likeness (QED) is 0.441. The zero-order valence-electron chi connectivity index (χ0n) is 18.2. The summed E-state index contributed by atoms with van der Waals surface area (Å²) in [4.78, 5) is 7.39. The Labute approximate surface area is 179 Å². The second-order valence-electron chi connectivity index (χ2n) is 8.91. The van der Waals surface area contributed by atoms with Crippen LogP contribution in [0.5, 0.6) is 0 Å². The van der Waals surface area contributed by atoms with Crippen LogP contribution in [0.4, 0.5) is 11.4 Å². The number of anilines is 1. The SMILES string of the molecule is C=Cc1cc2c(c(/N=C/c3cc4cc(CC)ccc4n3CC3CC3)c1)N(C)CCC2.